The summed E-state index contributed by atoms with van der Waals surface area (Å²) in [6.07, 6.45) is 1.00. The van der Waals surface area contributed by atoms with Crippen LogP contribution in [0, 0.1) is 0 Å². The molecule has 0 radical (unpaired) electrons. The van der Waals surface area contributed by atoms with Crippen LogP contribution in [0.4, 0.5) is 0 Å². The van der Waals surface area contributed by atoms with Gasteiger partial charge in [0.05, 0.1) is 16.9 Å². The molecule has 0 aliphatic carbocycles. The number of sulfone groups is 1. The molecule has 0 heterocycles. The van der Waals surface area contributed by atoms with Crippen molar-refractivity contribution in [1.82, 2.24) is 4.89 Å². The van der Waals surface area contributed by atoms with Gasteiger partial charge in [0, 0.05) is 6.26 Å². The highest BCUT2D eigenvalue weighted by Crippen LogP contribution is 2.15. The second kappa shape index (κ2) is 4.50. The molecular formula is C8H11NO5S2. The fourth-order valence-electron chi connectivity index (χ4n) is 1.03. The van der Waals surface area contributed by atoms with Crippen molar-refractivity contribution in [3.63, 3.8) is 0 Å². The molecule has 90 valence electrons. The molecule has 0 atom stereocenters. The standard InChI is InChI=1S/C8H11NO5S2/c1-14-9-16(12,13)8-5-3-4-7(6-8)15(2,10)11/h3-6,9H,1-2H3. The van der Waals surface area contributed by atoms with Crippen LogP contribution < -0.4 is 4.89 Å². The fraction of sp³-hybridized carbons (Fsp3) is 0.250. The molecule has 0 saturated heterocycles. The molecule has 0 amide bonds. The Kier molecular flexibility index (Phi) is 3.68. The minimum atomic E-state index is -3.83. The number of nitrogens with one attached hydrogen (secondary N) is 1. The molecule has 1 aromatic rings. The van der Waals surface area contributed by atoms with Crippen LogP contribution in [-0.2, 0) is 24.7 Å². The molecule has 0 bridgehead atoms. The van der Waals surface area contributed by atoms with Crippen molar-refractivity contribution in [2.45, 2.75) is 9.79 Å². The molecule has 0 aromatic heterocycles. The smallest absolute Gasteiger partial charge is 0.262 e. The van der Waals surface area contributed by atoms with Gasteiger partial charge >= 0.3 is 0 Å². The van der Waals surface area contributed by atoms with Crippen LogP contribution in [0.25, 0.3) is 0 Å². The molecule has 0 aliphatic heterocycles. The van der Waals surface area contributed by atoms with Crippen LogP contribution in [0.1, 0.15) is 0 Å². The highest BCUT2D eigenvalue weighted by atomic mass is 32.2. The van der Waals surface area contributed by atoms with Crippen LogP contribution in [-0.4, -0.2) is 30.2 Å². The first-order chi connectivity index (χ1) is 7.27. The lowest BCUT2D eigenvalue weighted by atomic mass is 10.4. The number of benzene rings is 1. The zero-order valence-corrected chi connectivity index (χ0v) is 10.3. The van der Waals surface area contributed by atoms with Crippen LogP contribution in [0.3, 0.4) is 0 Å². The Labute approximate surface area is 94.2 Å². The quantitative estimate of drug-likeness (QED) is 0.770. The van der Waals surface area contributed by atoms with E-state index in [4.69, 9.17) is 0 Å². The van der Waals surface area contributed by atoms with E-state index in [0.29, 0.717) is 0 Å². The summed E-state index contributed by atoms with van der Waals surface area (Å²) >= 11 is 0. The van der Waals surface area contributed by atoms with E-state index in [1.807, 2.05) is 0 Å². The third-order valence-electron chi connectivity index (χ3n) is 1.74. The predicted molar refractivity (Wildman–Crippen MR) is 56.9 cm³/mol. The van der Waals surface area contributed by atoms with E-state index >= 15 is 0 Å². The first-order valence-electron chi connectivity index (χ1n) is 4.12. The number of hydrogen-bond donors (Lipinski definition) is 1. The first-order valence-corrected chi connectivity index (χ1v) is 7.50. The zero-order chi connectivity index (χ0) is 12.4. The van der Waals surface area contributed by atoms with E-state index < -0.39 is 19.9 Å². The second-order valence-electron chi connectivity index (χ2n) is 3.04. The third-order valence-corrected chi connectivity index (χ3v) is 4.11. The molecule has 0 aliphatic rings. The third kappa shape index (κ3) is 3.01. The summed E-state index contributed by atoms with van der Waals surface area (Å²) in [5, 5.41) is 0. The van der Waals surface area contributed by atoms with Gasteiger partial charge in [-0.15, -0.1) is 0 Å². The summed E-state index contributed by atoms with van der Waals surface area (Å²) in [7, 11) is -6.11. The first kappa shape index (κ1) is 13.1. The SMILES string of the molecule is CONS(=O)(=O)c1cccc(S(C)(=O)=O)c1. The largest absolute Gasteiger partial charge is 0.290 e. The predicted octanol–water partition coefficient (Wildman–Crippen LogP) is -0.0702. The number of hydrogen-bond acceptors (Lipinski definition) is 5. The maximum Gasteiger partial charge on any atom is 0.262 e. The van der Waals surface area contributed by atoms with Crippen molar-refractivity contribution in [2.75, 3.05) is 13.4 Å². The van der Waals surface area contributed by atoms with Gasteiger partial charge < -0.3 is 0 Å². The lowest BCUT2D eigenvalue weighted by molar-refractivity contribution is 0.153. The van der Waals surface area contributed by atoms with E-state index in [-0.39, 0.29) is 9.79 Å². The van der Waals surface area contributed by atoms with E-state index in [9.17, 15) is 16.8 Å². The Hall–Kier alpha value is -0.960. The van der Waals surface area contributed by atoms with Gasteiger partial charge in [0.25, 0.3) is 10.0 Å². The average Bonchev–Trinajstić information content (AvgIpc) is 2.16. The average molecular weight is 265 g/mol. The van der Waals surface area contributed by atoms with Crippen LogP contribution in [0.15, 0.2) is 34.1 Å². The lowest BCUT2D eigenvalue weighted by Gasteiger charge is -2.05. The van der Waals surface area contributed by atoms with Gasteiger partial charge in [0.2, 0.25) is 0 Å². The normalized spacial score (nSPS) is 12.6. The maximum absolute atomic E-state index is 11.5. The van der Waals surface area contributed by atoms with E-state index in [1.165, 1.54) is 18.2 Å². The second-order valence-corrected chi connectivity index (χ2v) is 6.70. The summed E-state index contributed by atoms with van der Waals surface area (Å²) in [6, 6.07) is 5.01. The van der Waals surface area contributed by atoms with Gasteiger partial charge in [-0.05, 0) is 18.2 Å². The van der Waals surface area contributed by atoms with Gasteiger partial charge in [-0.3, -0.25) is 4.84 Å². The Morgan fingerprint density at radius 1 is 1.12 bits per heavy atom. The molecule has 8 heteroatoms. The van der Waals surface area contributed by atoms with Gasteiger partial charge in [0.15, 0.2) is 9.84 Å². The molecular weight excluding hydrogens is 254 g/mol. The number of sulfonamides is 1. The number of rotatable bonds is 4. The van der Waals surface area contributed by atoms with E-state index in [1.54, 1.807) is 4.89 Å². The van der Waals surface area contributed by atoms with Crippen molar-refractivity contribution in [2.24, 2.45) is 0 Å². The summed E-state index contributed by atoms with van der Waals surface area (Å²) in [6.45, 7) is 0. The van der Waals surface area contributed by atoms with Crippen molar-refractivity contribution in [1.29, 1.82) is 0 Å². The van der Waals surface area contributed by atoms with E-state index in [0.717, 1.165) is 19.4 Å². The Morgan fingerprint density at radius 3 is 2.19 bits per heavy atom. The maximum atomic E-state index is 11.5. The Bertz CT molecular complexity index is 576. The summed E-state index contributed by atoms with van der Waals surface area (Å²) in [4.78, 5) is 5.86. The molecule has 1 N–H and O–H groups in total. The molecule has 6 nitrogen and oxygen atoms in total. The summed E-state index contributed by atoms with van der Waals surface area (Å²) in [5.74, 6) is 0. The molecule has 1 aromatic carbocycles. The highest BCUT2D eigenvalue weighted by Gasteiger charge is 2.16. The minimum Gasteiger partial charge on any atom is -0.290 e. The Morgan fingerprint density at radius 2 is 1.69 bits per heavy atom. The van der Waals surface area contributed by atoms with Gasteiger partial charge in [-0.25, -0.2) is 16.8 Å². The molecule has 16 heavy (non-hydrogen) atoms. The van der Waals surface area contributed by atoms with Crippen LogP contribution in [0.5, 0.6) is 0 Å². The summed E-state index contributed by atoms with van der Waals surface area (Å²) in [5.41, 5.74) is 0. The lowest BCUT2D eigenvalue weighted by Crippen LogP contribution is -2.22. The zero-order valence-electron chi connectivity index (χ0n) is 8.67. The summed E-state index contributed by atoms with van der Waals surface area (Å²) < 4.78 is 45.4. The Balaban J connectivity index is 3.29. The van der Waals surface area contributed by atoms with Gasteiger partial charge in [-0.2, -0.15) is 0 Å². The topological polar surface area (TPSA) is 89.5 Å². The monoisotopic (exact) mass is 265 g/mol. The van der Waals surface area contributed by atoms with Crippen molar-refractivity contribution < 1.29 is 21.7 Å². The minimum absolute atomic E-state index is 0.0634. The molecule has 0 unspecified atom stereocenters. The fourth-order valence-corrected chi connectivity index (χ4v) is 2.63. The molecule has 0 saturated carbocycles. The van der Waals surface area contributed by atoms with Crippen molar-refractivity contribution in [3.8, 4) is 0 Å². The van der Waals surface area contributed by atoms with Crippen LogP contribution in [0.2, 0.25) is 0 Å². The highest BCUT2D eigenvalue weighted by molar-refractivity contribution is 7.91. The van der Waals surface area contributed by atoms with Crippen LogP contribution >= 0.6 is 0 Å². The van der Waals surface area contributed by atoms with E-state index in [2.05, 4.69) is 4.84 Å². The van der Waals surface area contributed by atoms with Crippen molar-refractivity contribution >= 4 is 19.9 Å². The molecule has 0 spiro atoms. The van der Waals surface area contributed by atoms with Crippen molar-refractivity contribution in [3.05, 3.63) is 24.3 Å². The molecule has 1 rings (SSSR count). The van der Waals surface area contributed by atoms with Gasteiger partial charge in [0.1, 0.15) is 0 Å². The molecule has 0 fully saturated rings. The van der Waals surface area contributed by atoms with Gasteiger partial charge in [-0.1, -0.05) is 11.0 Å².